The fourth-order valence-electron chi connectivity index (χ4n) is 4.01. The molecule has 1 heterocycles. The van der Waals surface area contributed by atoms with E-state index in [4.69, 9.17) is 14.2 Å². The van der Waals surface area contributed by atoms with E-state index < -0.39 is 23.7 Å². The van der Waals surface area contributed by atoms with Crippen molar-refractivity contribution in [2.75, 3.05) is 13.7 Å². The Morgan fingerprint density at radius 2 is 1.54 bits per heavy atom. The van der Waals surface area contributed by atoms with E-state index in [1.165, 1.54) is 6.07 Å². The molecule has 1 atom stereocenters. The normalized spacial score (nSPS) is 14.1. The van der Waals surface area contributed by atoms with Gasteiger partial charge in [0.15, 0.2) is 0 Å². The van der Waals surface area contributed by atoms with Crippen molar-refractivity contribution >= 4 is 5.91 Å². The predicted octanol–water partition coefficient (Wildman–Crippen LogP) is 6.28. The van der Waals surface area contributed by atoms with Gasteiger partial charge in [0.25, 0.3) is 5.91 Å². The van der Waals surface area contributed by atoms with Crippen LogP contribution in [0.1, 0.15) is 46.9 Å². The van der Waals surface area contributed by atoms with Crippen LogP contribution in [0.3, 0.4) is 0 Å². The summed E-state index contributed by atoms with van der Waals surface area (Å²) in [6.45, 7) is 4.15. The van der Waals surface area contributed by atoms with Crippen molar-refractivity contribution in [3.8, 4) is 17.2 Å². The number of ether oxygens (including phenoxy) is 3. The Morgan fingerprint density at radius 1 is 0.914 bits per heavy atom. The first kappa shape index (κ1) is 24.4. The van der Waals surface area contributed by atoms with Gasteiger partial charge in [-0.05, 0) is 73.5 Å². The van der Waals surface area contributed by atoms with Gasteiger partial charge in [0.05, 0.1) is 24.8 Å². The number of carbonyl (C=O) groups excluding carboxylic acids is 1. The molecule has 1 aliphatic heterocycles. The summed E-state index contributed by atoms with van der Waals surface area (Å²) < 4.78 is 56.6. The van der Waals surface area contributed by atoms with E-state index in [9.17, 15) is 18.0 Å². The number of methoxy groups -OCH3 is 1. The molecule has 0 aromatic heterocycles. The van der Waals surface area contributed by atoms with Crippen LogP contribution in [0.2, 0.25) is 0 Å². The van der Waals surface area contributed by atoms with Gasteiger partial charge in [-0.2, -0.15) is 13.2 Å². The highest BCUT2D eigenvalue weighted by Gasteiger charge is 2.37. The zero-order chi connectivity index (χ0) is 25.2. The number of halogens is 3. The van der Waals surface area contributed by atoms with Gasteiger partial charge in [-0.1, -0.05) is 18.2 Å². The first-order chi connectivity index (χ1) is 16.7. The minimum atomic E-state index is -4.52. The standard InChI is InChI=1S/C27H26F3NO4/c1-17(2)35-23-8-5-18(6-9-23)25(16-34-22-12-10-21(33-3)11-13-22)31-15-19-4-7-20(27(28,29)30)14-24(19)26(31)32/h4-14,17,25H,15-16H2,1-3H3. The average molecular weight is 486 g/mol. The number of carbonyl (C=O) groups is 1. The maximum atomic E-state index is 13.3. The Bertz CT molecular complexity index is 1170. The quantitative estimate of drug-likeness (QED) is 0.377. The number of alkyl halides is 3. The molecule has 8 heteroatoms. The lowest BCUT2D eigenvalue weighted by Crippen LogP contribution is -2.33. The van der Waals surface area contributed by atoms with E-state index in [0.717, 1.165) is 17.7 Å². The van der Waals surface area contributed by atoms with Gasteiger partial charge in [-0.25, -0.2) is 0 Å². The van der Waals surface area contributed by atoms with Crippen molar-refractivity contribution < 1.29 is 32.2 Å². The third-order valence-electron chi connectivity index (χ3n) is 5.75. The SMILES string of the molecule is COc1ccc(OCC(c2ccc(OC(C)C)cc2)N2Cc3ccc(C(F)(F)F)cc3C2=O)cc1. The maximum Gasteiger partial charge on any atom is 0.416 e. The number of nitrogens with zero attached hydrogens (tertiary/aromatic N) is 1. The number of amides is 1. The van der Waals surface area contributed by atoms with Crippen LogP contribution in [0.4, 0.5) is 13.2 Å². The number of fused-ring (bicyclic) bond motifs is 1. The van der Waals surface area contributed by atoms with Crippen LogP contribution in [0, 0.1) is 0 Å². The summed E-state index contributed by atoms with van der Waals surface area (Å²) in [4.78, 5) is 14.8. The zero-order valence-electron chi connectivity index (χ0n) is 19.6. The van der Waals surface area contributed by atoms with Gasteiger partial charge in [0.2, 0.25) is 0 Å². The lowest BCUT2D eigenvalue weighted by atomic mass is 10.1. The van der Waals surface area contributed by atoms with Crippen molar-refractivity contribution in [2.24, 2.45) is 0 Å². The Morgan fingerprint density at radius 3 is 2.14 bits per heavy atom. The molecule has 0 aliphatic carbocycles. The van der Waals surface area contributed by atoms with Crippen molar-refractivity contribution in [1.82, 2.24) is 4.90 Å². The second kappa shape index (κ2) is 9.90. The monoisotopic (exact) mass is 485 g/mol. The van der Waals surface area contributed by atoms with Crippen LogP contribution >= 0.6 is 0 Å². The van der Waals surface area contributed by atoms with Crippen LogP contribution < -0.4 is 14.2 Å². The molecule has 184 valence electrons. The van der Waals surface area contributed by atoms with Gasteiger partial charge in [-0.3, -0.25) is 4.79 Å². The molecule has 1 aliphatic rings. The van der Waals surface area contributed by atoms with Crippen LogP contribution in [-0.2, 0) is 12.7 Å². The Kier molecular flexibility index (Phi) is 6.91. The summed E-state index contributed by atoms with van der Waals surface area (Å²) in [6, 6.07) is 17.1. The second-order valence-electron chi connectivity index (χ2n) is 8.54. The lowest BCUT2D eigenvalue weighted by Gasteiger charge is -2.28. The molecule has 4 rings (SSSR count). The van der Waals surface area contributed by atoms with Crippen molar-refractivity contribution in [2.45, 2.75) is 38.7 Å². The average Bonchev–Trinajstić information content (AvgIpc) is 3.15. The summed E-state index contributed by atoms with van der Waals surface area (Å²) in [5, 5.41) is 0. The van der Waals surface area contributed by atoms with E-state index in [-0.39, 0.29) is 24.8 Å². The number of rotatable bonds is 8. The molecule has 0 fully saturated rings. The predicted molar refractivity (Wildman–Crippen MR) is 125 cm³/mol. The minimum absolute atomic E-state index is 0.00698. The van der Waals surface area contributed by atoms with Crippen LogP contribution in [0.5, 0.6) is 17.2 Å². The van der Waals surface area contributed by atoms with Gasteiger partial charge >= 0.3 is 6.18 Å². The van der Waals surface area contributed by atoms with Crippen molar-refractivity contribution in [1.29, 1.82) is 0 Å². The molecule has 3 aromatic carbocycles. The molecule has 0 saturated heterocycles. The first-order valence-electron chi connectivity index (χ1n) is 11.2. The second-order valence-corrected chi connectivity index (χ2v) is 8.54. The highest BCUT2D eigenvalue weighted by Crippen LogP contribution is 2.37. The molecular formula is C27H26F3NO4. The van der Waals surface area contributed by atoms with Crippen LogP contribution in [0.15, 0.2) is 66.7 Å². The Hall–Kier alpha value is -3.68. The van der Waals surface area contributed by atoms with E-state index >= 15 is 0 Å². The summed E-state index contributed by atoms with van der Waals surface area (Å²) in [7, 11) is 1.57. The Labute approximate surface area is 202 Å². The van der Waals surface area contributed by atoms with Gasteiger partial charge < -0.3 is 19.1 Å². The van der Waals surface area contributed by atoms with Crippen LogP contribution in [0.25, 0.3) is 0 Å². The molecular weight excluding hydrogens is 459 g/mol. The van der Waals surface area contributed by atoms with Gasteiger partial charge in [0, 0.05) is 12.1 Å². The van der Waals surface area contributed by atoms with Crippen molar-refractivity contribution in [3.05, 3.63) is 89.0 Å². The molecule has 0 spiro atoms. The highest BCUT2D eigenvalue weighted by molar-refractivity contribution is 5.98. The summed E-state index contributed by atoms with van der Waals surface area (Å²) in [5.41, 5.74) is 0.561. The van der Waals surface area contributed by atoms with E-state index in [1.807, 2.05) is 38.1 Å². The minimum Gasteiger partial charge on any atom is -0.497 e. The number of hydrogen-bond donors (Lipinski definition) is 0. The topological polar surface area (TPSA) is 48.0 Å². The fourth-order valence-corrected chi connectivity index (χ4v) is 4.01. The Balaban J connectivity index is 1.62. The molecule has 5 nitrogen and oxygen atoms in total. The van der Waals surface area contributed by atoms with E-state index in [1.54, 1.807) is 36.3 Å². The summed E-state index contributed by atoms with van der Waals surface area (Å²) in [6.07, 6.45) is -4.51. The molecule has 1 unspecified atom stereocenters. The number of benzene rings is 3. The highest BCUT2D eigenvalue weighted by atomic mass is 19.4. The van der Waals surface area contributed by atoms with Gasteiger partial charge in [-0.15, -0.1) is 0 Å². The molecule has 0 bridgehead atoms. The molecule has 35 heavy (non-hydrogen) atoms. The number of hydrogen-bond acceptors (Lipinski definition) is 4. The third-order valence-corrected chi connectivity index (χ3v) is 5.75. The first-order valence-corrected chi connectivity index (χ1v) is 11.2. The largest absolute Gasteiger partial charge is 0.497 e. The van der Waals surface area contributed by atoms with E-state index in [2.05, 4.69) is 0 Å². The molecule has 3 aromatic rings. The lowest BCUT2D eigenvalue weighted by molar-refractivity contribution is -0.137. The summed E-state index contributed by atoms with van der Waals surface area (Å²) in [5.74, 6) is 1.49. The zero-order valence-corrected chi connectivity index (χ0v) is 19.6. The summed E-state index contributed by atoms with van der Waals surface area (Å²) >= 11 is 0. The molecule has 0 saturated carbocycles. The fraction of sp³-hybridized carbons (Fsp3) is 0.296. The molecule has 1 amide bonds. The van der Waals surface area contributed by atoms with E-state index in [0.29, 0.717) is 22.8 Å². The van der Waals surface area contributed by atoms with Gasteiger partial charge in [0.1, 0.15) is 23.9 Å². The third kappa shape index (κ3) is 5.53. The van der Waals surface area contributed by atoms with Crippen LogP contribution in [-0.4, -0.2) is 30.6 Å². The molecule has 0 N–H and O–H groups in total. The molecule has 0 radical (unpaired) electrons. The maximum absolute atomic E-state index is 13.3. The smallest absolute Gasteiger partial charge is 0.416 e. The van der Waals surface area contributed by atoms with Crippen molar-refractivity contribution in [3.63, 3.8) is 0 Å².